The van der Waals surface area contributed by atoms with Crippen LogP contribution in [0.25, 0.3) is 11.6 Å². The van der Waals surface area contributed by atoms with Crippen molar-refractivity contribution in [1.82, 2.24) is 19.9 Å². The summed E-state index contributed by atoms with van der Waals surface area (Å²) in [5.41, 5.74) is 12.6. The number of aromatic amines is 4. The molecular formula is C41H42N6. The average Bonchev–Trinajstić information content (AvgIpc) is 3.87. The van der Waals surface area contributed by atoms with Crippen molar-refractivity contribution in [2.75, 3.05) is 0 Å². The van der Waals surface area contributed by atoms with Crippen LogP contribution in [0.4, 0.5) is 0 Å². The highest BCUT2D eigenvalue weighted by molar-refractivity contribution is 5.95. The molecule has 0 fully saturated rings. The first-order chi connectivity index (χ1) is 22.2. The monoisotopic (exact) mass is 618 g/mol. The van der Waals surface area contributed by atoms with Crippen molar-refractivity contribution in [3.05, 3.63) is 140 Å². The minimum Gasteiger partial charge on any atom is -0.361 e. The van der Waals surface area contributed by atoms with Gasteiger partial charge in [-0.25, -0.2) is 0 Å². The number of aromatic nitrogens is 4. The van der Waals surface area contributed by atoms with Gasteiger partial charge in [0, 0.05) is 72.8 Å². The summed E-state index contributed by atoms with van der Waals surface area (Å²) >= 11 is 0. The van der Waals surface area contributed by atoms with Crippen molar-refractivity contribution in [3.63, 3.8) is 0 Å². The summed E-state index contributed by atoms with van der Waals surface area (Å²) in [5, 5.41) is 19.9. The lowest BCUT2D eigenvalue weighted by Gasteiger charge is -2.28. The number of allylic oxidation sites excluding steroid dienone is 3. The molecule has 5 heterocycles. The minimum absolute atomic E-state index is 0.147. The molecule has 1 aromatic carbocycles. The molecule has 6 nitrogen and oxygen atoms in total. The minimum atomic E-state index is -0.432. The maximum Gasteiger partial charge on any atom is 0.137 e. The van der Waals surface area contributed by atoms with E-state index >= 15 is 0 Å². The van der Waals surface area contributed by atoms with Crippen LogP contribution in [0, 0.1) is 22.7 Å². The zero-order chi connectivity index (χ0) is 33.5. The molecule has 8 bridgehead atoms. The van der Waals surface area contributed by atoms with E-state index in [-0.39, 0.29) is 21.8 Å². The first-order valence-electron chi connectivity index (χ1n) is 16.4. The van der Waals surface area contributed by atoms with Gasteiger partial charge in [0.05, 0.1) is 0 Å². The molecule has 0 saturated heterocycles. The van der Waals surface area contributed by atoms with Crippen LogP contribution in [-0.4, -0.2) is 19.9 Å². The lowest BCUT2D eigenvalue weighted by molar-refractivity contribution is 0.545. The van der Waals surface area contributed by atoms with Gasteiger partial charge in [-0.1, -0.05) is 24.3 Å². The standard InChI is InChI=1S/C41H42N6/c1-38(2)29-13-14-30(44-29)39(3,4)32-17-18-34(46-32)41(7,8)37-26(21-35(47-37)40(5,6)33-16-15-31(38)45-33)20-25-19-24-11-9-10-12-28(24)36(25)27(22-42)23-43/h9-18,20-21,44-47H,19H2,1-8H3/b25-20+. The molecule has 0 saturated carbocycles. The molecule has 1 aliphatic carbocycles. The summed E-state index contributed by atoms with van der Waals surface area (Å²) in [6.45, 7) is 18.0. The molecule has 6 heteroatoms. The van der Waals surface area contributed by atoms with Crippen LogP contribution in [-0.2, 0) is 28.1 Å². The highest BCUT2D eigenvalue weighted by atomic mass is 14.9. The van der Waals surface area contributed by atoms with E-state index in [2.05, 4.69) is 142 Å². The van der Waals surface area contributed by atoms with E-state index in [1.54, 1.807) is 0 Å². The molecule has 0 amide bonds. The van der Waals surface area contributed by atoms with Crippen molar-refractivity contribution in [1.29, 1.82) is 10.5 Å². The quantitative estimate of drug-likeness (QED) is 0.141. The molecule has 5 aromatic rings. The van der Waals surface area contributed by atoms with Gasteiger partial charge in [0.25, 0.3) is 0 Å². The van der Waals surface area contributed by atoms with Crippen molar-refractivity contribution in [2.45, 2.75) is 83.5 Å². The van der Waals surface area contributed by atoms with Gasteiger partial charge in [-0.2, -0.15) is 10.5 Å². The zero-order valence-corrected chi connectivity index (χ0v) is 28.5. The number of H-pyrrole nitrogens is 4. The SMILES string of the molecule is CC1(C)c2ccc([nH]2)C(C)(C)c2ccc([nH]2)C(C)(C)c2[nH]c(cc2/C=C2\Cc3ccccc3C2=C(C#N)C#N)C(C)(C)c2ccc1[nH]2. The number of hydrogen-bond donors (Lipinski definition) is 4. The number of rotatable bonds is 1. The topological polar surface area (TPSA) is 111 Å². The predicted molar refractivity (Wildman–Crippen MR) is 188 cm³/mol. The smallest absolute Gasteiger partial charge is 0.137 e. The molecule has 1 aliphatic heterocycles. The number of fused-ring (bicyclic) bond motifs is 9. The highest BCUT2D eigenvalue weighted by Crippen LogP contribution is 2.44. The van der Waals surface area contributed by atoms with Crippen molar-refractivity contribution in [2.24, 2.45) is 0 Å². The van der Waals surface area contributed by atoms with E-state index in [1.807, 2.05) is 18.2 Å². The third-order valence-electron chi connectivity index (χ3n) is 11.0. The number of benzene rings is 1. The lowest BCUT2D eigenvalue weighted by Crippen LogP contribution is -2.26. The van der Waals surface area contributed by atoms with Crippen LogP contribution in [0.2, 0.25) is 0 Å². The van der Waals surface area contributed by atoms with Gasteiger partial charge in [0.1, 0.15) is 17.7 Å². The molecule has 0 spiro atoms. The van der Waals surface area contributed by atoms with E-state index in [9.17, 15) is 10.5 Å². The van der Waals surface area contributed by atoms with Gasteiger partial charge < -0.3 is 19.9 Å². The molecule has 0 atom stereocenters. The Bertz CT molecular complexity index is 2180. The Morgan fingerprint density at radius 3 is 1.53 bits per heavy atom. The lowest BCUT2D eigenvalue weighted by atomic mass is 9.83. The van der Waals surface area contributed by atoms with Gasteiger partial charge in [0.2, 0.25) is 0 Å². The third-order valence-corrected chi connectivity index (χ3v) is 11.0. The van der Waals surface area contributed by atoms with Crippen molar-refractivity contribution < 1.29 is 0 Å². The maximum absolute atomic E-state index is 9.97. The fourth-order valence-corrected chi connectivity index (χ4v) is 7.51. The predicted octanol–water partition coefficient (Wildman–Crippen LogP) is 9.06. The maximum atomic E-state index is 9.97. The number of nitriles is 2. The third kappa shape index (κ3) is 4.50. The van der Waals surface area contributed by atoms with Gasteiger partial charge in [-0.05, 0) is 133 Å². The normalized spacial score (nSPS) is 19.2. The van der Waals surface area contributed by atoms with Crippen LogP contribution in [0.3, 0.4) is 0 Å². The van der Waals surface area contributed by atoms with E-state index in [1.165, 1.54) is 0 Å². The largest absolute Gasteiger partial charge is 0.361 e. The summed E-state index contributed by atoms with van der Waals surface area (Å²) in [7, 11) is 0. The first-order valence-corrected chi connectivity index (χ1v) is 16.4. The van der Waals surface area contributed by atoms with Gasteiger partial charge in [-0.15, -0.1) is 0 Å². The van der Waals surface area contributed by atoms with Crippen molar-refractivity contribution in [3.8, 4) is 12.1 Å². The van der Waals surface area contributed by atoms with Crippen LogP contribution < -0.4 is 0 Å². The fourth-order valence-electron chi connectivity index (χ4n) is 7.51. The van der Waals surface area contributed by atoms with Gasteiger partial charge in [0.15, 0.2) is 0 Å². The summed E-state index contributed by atoms with van der Waals surface area (Å²) in [6, 6.07) is 28.0. The highest BCUT2D eigenvalue weighted by Gasteiger charge is 2.38. The molecule has 2 aliphatic rings. The van der Waals surface area contributed by atoms with Gasteiger partial charge in [-0.3, -0.25) is 0 Å². The Balaban J connectivity index is 1.48. The summed E-state index contributed by atoms with van der Waals surface area (Å²) in [4.78, 5) is 15.4. The van der Waals surface area contributed by atoms with E-state index < -0.39 is 5.41 Å². The number of nitrogens with zero attached hydrogens (tertiary/aromatic N) is 2. The molecule has 7 rings (SSSR count). The second-order valence-electron chi connectivity index (χ2n) is 15.3. The first kappa shape index (κ1) is 30.5. The Morgan fingerprint density at radius 1 is 0.596 bits per heavy atom. The number of hydrogen-bond acceptors (Lipinski definition) is 2. The average molecular weight is 619 g/mol. The molecule has 4 N–H and O–H groups in total. The zero-order valence-electron chi connectivity index (χ0n) is 28.5. The molecule has 4 aromatic heterocycles. The Labute approximate surface area is 277 Å². The summed E-state index contributed by atoms with van der Waals surface area (Å²) in [6.07, 6.45) is 2.86. The summed E-state index contributed by atoms with van der Waals surface area (Å²) < 4.78 is 0. The molecule has 0 radical (unpaired) electrons. The van der Waals surface area contributed by atoms with E-state index in [0.717, 1.165) is 73.4 Å². The van der Waals surface area contributed by atoms with Crippen LogP contribution in [0.1, 0.15) is 118 Å². The van der Waals surface area contributed by atoms with Gasteiger partial charge >= 0.3 is 0 Å². The molecule has 0 unspecified atom stereocenters. The van der Waals surface area contributed by atoms with Crippen LogP contribution in [0.15, 0.2) is 77.9 Å². The second kappa shape index (κ2) is 10.1. The fraction of sp³-hybridized carbons (Fsp3) is 0.317. The molecular weight excluding hydrogens is 576 g/mol. The number of nitrogens with one attached hydrogen (secondary N) is 4. The molecule has 236 valence electrons. The van der Waals surface area contributed by atoms with Crippen LogP contribution in [0.5, 0.6) is 0 Å². The molecule has 47 heavy (non-hydrogen) atoms. The summed E-state index contributed by atoms with van der Waals surface area (Å²) in [5.74, 6) is 0. The Kier molecular flexibility index (Phi) is 6.58. The van der Waals surface area contributed by atoms with Crippen molar-refractivity contribution >= 4 is 11.6 Å². The Hall–Kier alpha value is -5.20. The van der Waals surface area contributed by atoms with E-state index in [4.69, 9.17) is 0 Å². The Morgan fingerprint density at radius 2 is 1.04 bits per heavy atom. The van der Waals surface area contributed by atoms with E-state index in [0.29, 0.717) is 6.42 Å². The van der Waals surface area contributed by atoms with Crippen LogP contribution >= 0.6 is 0 Å². The second-order valence-corrected chi connectivity index (χ2v) is 15.3.